The number of aliphatic hydroxyl groups excluding tert-OH is 1. The number of amides is 1. The van der Waals surface area contributed by atoms with Gasteiger partial charge in [0.05, 0.1) is 29.6 Å². The smallest absolute Gasteiger partial charge is 0.291 e. The van der Waals surface area contributed by atoms with E-state index in [1.165, 1.54) is 4.90 Å². The van der Waals surface area contributed by atoms with Crippen molar-refractivity contribution in [3.8, 4) is 0 Å². The maximum Gasteiger partial charge on any atom is 0.291 e. The van der Waals surface area contributed by atoms with Gasteiger partial charge in [-0.3, -0.25) is 9.59 Å². The third-order valence-corrected chi connectivity index (χ3v) is 5.83. The molecule has 5 nitrogen and oxygen atoms in total. The third-order valence-electron chi connectivity index (χ3n) is 5.60. The molecule has 0 saturated heterocycles. The summed E-state index contributed by atoms with van der Waals surface area (Å²) in [6.07, 6.45) is -0.912. The van der Waals surface area contributed by atoms with Crippen LogP contribution in [0, 0.1) is 0 Å². The number of fused-ring (bicyclic) bond motifs is 2. The summed E-state index contributed by atoms with van der Waals surface area (Å²) in [7, 11) is 0. The van der Waals surface area contributed by atoms with Crippen LogP contribution in [0.4, 0.5) is 0 Å². The molecule has 1 aliphatic heterocycles. The molecule has 1 N–H and O–H groups in total. The van der Waals surface area contributed by atoms with Gasteiger partial charge in [-0.25, -0.2) is 0 Å². The van der Waals surface area contributed by atoms with E-state index >= 15 is 0 Å². The topological polar surface area (TPSA) is 70.8 Å². The lowest BCUT2D eigenvalue weighted by atomic mass is 9.98. The summed E-state index contributed by atoms with van der Waals surface area (Å²) in [5, 5.41) is 11.6. The van der Waals surface area contributed by atoms with Crippen LogP contribution < -0.4 is 5.43 Å². The lowest BCUT2D eigenvalue weighted by Gasteiger charge is -2.27. The minimum Gasteiger partial charge on any atom is -0.450 e. The van der Waals surface area contributed by atoms with Gasteiger partial charge in [0, 0.05) is 5.02 Å². The second kappa shape index (κ2) is 7.69. The molecule has 0 bridgehead atoms. The molecular weight excluding hydrogens is 414 g/mol. The average Bonchev–Trinajstić information content (AvgIpc) is 3.07. The van der Waals surface area contributed by atoms with Crippen molar-refractivity contribution < 1.29 is 14.3 Å². The van der Waals surface area contributed by atoms with Crippen LogP contribution in [0.1, 0.15) is 39.4 Å². The van der Waals surface area contributed by atoms with Crippen LogP contribution in [0.2, 0.25) is 5.02 Å². The number of benzene rings is 3. The Morgan fingerprint density at radius 2 is 1.65 bits per heavy atom. The Bertz CT molecular complexity index is 1330. The second-order valence-corrected chi connectivity index (χ2v) is 7.95. The molecule has 4 aromatic rings. The van der Waals surface area contributed by atoms with Gasteiger partial charge in [0.25, 0.3) is 5.91 Å². The number of rotatable bonds is 4. The minimum absolute atomic E-state index is 0.00828. The fourth-order valence-corrected chi connectivity index (χ4v) is 4.30. The van der Waals surface area contributed by atoms with Gasteiger partial charge in [-0.15, -0.1) is 0 Å². The molecule has 5 rings (SSSR count). The quantitative estimate of drug-likeness (QED) is 0.507. The molecular formula is C25H18ClNO4. The van der Waals surface area contributed by atoms with Crippen molar-refractivity contribution in [2.24, 2.45) is 0 Å². The molecule has 1 aliphatic rings. The summed E-state index contributed by atoms with van der Waals surface area (Å²) in [5.41, 5.74) is 1.74. The highest BCUT2D eigenvalue weighted by Crippen LogP contribution is 2.39. The maximum absolute atomic E-state index is 13.4. The number of aliphatic hydroxyl groups is 1. The summed E-state index contributed by atoms with van der Waals surface area (Å²) in [6.45, 7) is 0.0170. The molecule has 0 spiro atoms. The van der Waals surface area contributed by atoms with E-state index in [4.69, 9.17) is 16.0 Å². The Morgan fingerprint density at radius 1 is 0.968 bits per heavy atom. The van der Waals surface area contributed by atoms with E-state index in [9.17, 15) is 14.7 Å². The molecule has 6 heteroatoms. The Kier molecular flexibility index (Phi) is 4.85. The molecule has 2 atom stereocenters. The van der Waals surface area contributed by atoms with Crippen molar-refractivity contribution in [1.29, 1.82) is 0 Å². The summed E-state index contributed by atoms with van der Waals surface area (Å²) < 4.78 is 5.89. The molecule has 1 amide bonds. The first-order valence-electron chi connectivity index (χ1n) is 9.90. The number of nitrogens with zero attached hydrogens (tertiary/aromatic N) is 1. The van der Waals surface area contributed by atoms with E-state index in [1.54, 1.807) is 30.3 Å². The van der Waals surface area contributed by atoms with Crippen LogP contribution in [-0.2, 0) is 0 Å². The van der Waals surface area contributed by atoms with E-state index in [1.807, 2.05) is 48.5 Å². The van der Waals surface area contributed by atoms with Gasteiger partial charge in [0.15, 0.2) is 5.43 Å². The number of carbonyl (C=O) groups is 1. The predicted molar refractivity (Wildman–Crippen MR) is 118 cm³/mol. The minimum atomic E-state index is -0.912. The SMILES string of the molecule is O=C1c2oc3ccc(Cl)cc3c(=O)c2C(c2ccccc2)N1CC(O)c1ccccc1. The normalized spacial score (nSPS) is 16.5. The predicted octanol–water partition coefficient (Wildman–Crippen LogP) is 4.73. The van der Waals surface area contributed by atoms with Gasteiger partial charge in [-0.1, -0.05) is 72.3 Å². The summed E-state index contributed by atoms with van der Waals surface area (Å²) in [5.74, 6) is -0.415. The van der Waals surface area contributed by atoms with Crippen molar-refractivity contribution in [2.75, 3.05) is 6.54 Å². The number of carbonyl (C=O) groups excluding carboxylic acids is 1. The van der Waals surface area contributed by atoms with E-state index in [2.05, 4.69) is 0 Å². The molecule has 0 aliphatic carbocycles. The van der Waals surface area contributed by atoms with Crippen molar-refractivity contribution in [3.05, 3.63) is 117 Å². The molecule has 0 saturated carbocycles. The standard InChI is InChI=1S/C25H18ClNO4/c26-17-11-12-20-18(13-17)23(29)21-22(16-9-5-2-6-10-16)27(25(30)24(21)31-20)14-19(28)15-7-3-1-4-8-15/h1-13,19,22,28H,14H2. The molecule has 2 heterocycles. The first-order chi connectivity index (χ1) is 15.0. The summed E-state index contributed by atoms with van der Waals surface area (Å²) in [4.78, 5) is 28.3. The zero-order chi connectivity index (χ0) is 21.5. The average molecular weight is 432 g/mol. The van der Waals surface area contributed by atoms with Gasteiger partial charge >= 0.3 is 0 Å². The van der Waals surface area contributed by atoms with Gasteiger partial charge < -0.3 is 14.4 Å². The number of β-amino-alcohol motifs (C(OH)–C–C–N with tert-alkyl or cyclic N) is 1. The molecule has 0 fully saturated rings. The van der Waals surface area contributed by atoms with Crippen LogP contribution in [0.3, 0.4) is 0 Å². The van der Waals surface area contributed by atoms with E-state index in [-0.39, 0.29) is 23.3 Å². The van der Waals surface area contributed by atoms with Crippen LogP contribution in [-0.4, -0.2) is 22.5 Å². The van der Waals surface area contributed by atoms with Crippen molar-refractivity contribution in [2.45, 2.75) is 12.1 Å². The van der Waals surface area contributed by atoms with Gasteiger partial charge in [0.1, 0.15) is 5.58 Å². The fraction of sp³-hybridized carbons (Fsp3) is 0.120. The van der Waals surface area contributed by atoms with E-state index < -0.39 is 18.1 Å². The van der Waals surface area contributed by atoms with Crippen molar-refractivity contribution in [1.82, 2.24) is 4.90 Å². The first kappa shape index (κ1) is 19.5. The number of hydrogen-bond donors (Lipinski definition) is 1. The highest BCUT2D eigenvalue weighted by atomic mass is 35.5. The van der Waals surface area contributed by atoms with E-state index in [0.29, 0.717) is 21.6 Å². The highest BCUT2D eigenvalue weighted by molar-refractivity contribution is 6.31. The monoisotopic (exact) mass is 431 g/mol. The number of halogens is 1. The van der Waals surface area contributed by atoms with Crippen LogP contribution in [0.15, 0.2) is 88.1 Å². The molecule has 2 unspecified atom stereocenters. The van der Waals surface area contributed by atoms with E-state index in [0.717, 1.165) is 5.56 Å². The van der Waals surface area contributed by atoms with Gasteiger partial charge in [-0.2, -0.15) is 0 Å². The third kappa shape index (κ3) is 3.32. The zero-order valence-electron chi connectivity index (χ0n) is 16.4. The van der Waals surface area contributed by atoms with Crippen LogP contribution in [0.25, 0.3) is 11.0 Å². The maximum atomic E-state index is 13.4. The molecule has 31 heavy (non-hydrogen) atoms. The Balaban J connectivity index is 1.67. The molecule has 3 aromatic carbocycles. The highest BCUT2D eigenvalue weighted by Gasteiger charge is 2.43. The summed E-state index contributed by atoms with van der Waals surface area (Å²) in [6, 6.07) is 22.5. The first-order valence-corrected chi connectivity index (χ1v) is 10.3. The largest absolute Gasteiger partial charge is 0.450 e. The number of hydrogen-bond acceptors (Lipinski definition) is 4. The molecule has 0 radical (unpaired) electrons. The van der Waals surface area contributed by atoms with Gasteiger partial charge in [0.2, 0.25) is 5.76 Å². The molecule has 154 valence electrons. The van der Waals surface area contributed by atoms with Crippen molar-refractivity contribution in [3.63, 3.8) is 0 Å². The van der Waals surface area contributed by atoms with Crippen LogP contribution >= 0.6 is 11.6 Å². The zero-order valence-corrected chi connectivity index (χ0v) is 17.1. The van der Waals surface area contributed by atoms with Crippen LogP contribution in [0.5, 0.6) is 0 Å². The Morgan fingerprint density at radius 3 is 2.35 bits per heavy atom. The summed E-state index contributed by atoms with van der Waals surface area (Å²) >= 11 is 6.10. The Labute approximate surface area is 183 Å². The molecule has 1 aromatic heterocycles. The van der Waals surface area contributed by atoms with Crippen molar-refractivity contribution >= 4 is 28.5 Å². The Hall–Kier alpha value is -3.41. The fourth-order valence-electron chi connectivity index (χ4n) is 4.13. The lowest BCUT2D eigenvalue weighted by molar-refractivity contribution is 0.0583. The van der Waals surface area contributed by atoms with Gasteiger partial charge in [-0.05, 0) is 29.3 Å². The second-order valence-electron chi connectivity index (χ2n) is 7.51. The lowest BCUT2D eigenvalue weighted by Crippen LogP contribution is -2.33.